The number of rotatable bonds is 6. The van der Waals surface area contributed by atoms with Crippen LogP contribution < -0.4 is 10.9 Å². The summed E-state index contributed by atoms with van der Waals surface area (Å²) in [4.78, 5) is 32.8. The maximum Gasteiger partial charge on any atom is 0.278 e. The van der Waals surface area contributed by atoms with Crippen LogP contribution in [-0.2, 0) is 4.79 Å². The van der Waals surface area contributed by atoms with Crippen molar-refractivity contribution in [1.82, 2.24) is 14.5 Å². The number of hydrogen-bond acceptors (Lipinski definition) is 4. The van der Waals surface area contributed by atoms with Gasteiger partial charge in [0, 0.05) is 16.8 Å². The largest absolute Gasteiger partial charge is 0.353 e. The Hall–Kier alpha value is -2.32. The molecule has 3 aromatic rings. The third-order valence-corrected chi connectivity index (χ3v) is 5.54. The second-order valence-corrected chi connectivity index (χ2v) is 7.88. The highest BCUT2D eigenvalue weighted by molar-refractivity contribution is 7.99. The Bertz CT molecular complexity index is 1100. The zero-order valence-electron chi connectivity index (χ0n) is 15.7. The van der Waals surface area contributed by atoms with Crippen LogP contribution in [0.3, 0.4) is 0 Å². The average Bonchev–Trinajstić information content (AvgIpc) is 3.02. The van der Waals surface area contributed by atoms with E-state index in [2.05, 4.69) is 15.3 Å². The minimum Gasteiger partial charge on any atom is -0.353 e. The third-order valence-electron chi connectivity index (χ3n) is 4.36. The van der Waals surface area contributed by atoms with E-state index in [1.54, 1.807) is 10.6 Å². The van der Waals surface area contributed by atoms with Gasteiger partial charge in [0.25, 0.3) is 5.56 Å². The van der Waals surface area contributed by atoms with Crippen molar-refractivity contribution in [3.8, 4) is 0 Å². The van der Waals surface area contributed by atoms with E-state index in [9.17, 15) is 14.0 Å². The molecule has 0 radical (unpaired) electrons. The van der Waals surface area contributed by atoms with Gasteiger partial charge in [0.1, 0.15) is 11.3 Å². The molecule has 28 heavy (non-hydrogen) atoms. The lowest BCUT2D eigenvalue weighted by Gasteiger charge is -2.17. The Morgan fingerprint density at radius 1 is 1.43 bits per heavy atom. The average molecular weight is 423 g/mol. The van der Waals surface area contributed by atoms with Crippen LogP contribution in [0, 0.1) is 12.7 Å². The number of nitrogens with one attached hydrogen (secondary N) is 2. The summed E-state index contributed by atoms with van der Waals surface area (Å²) in [7, 11) is 0. The quantitative estimate of drug-likeness (QED) is 0.452. The maximum atomic E-state index is 13.9. The second-order valence-electron chi connectivity index (χ2n) is 6.50. The van der Waals surface area contributed by atoms with Crippen molar-refractivity contribution in [3.05, 3.63) is 51.2 Å². The lowest BCUT2D eigenvalue weighted by molar-refractivity contribution is -0.113. The van der Waals surface area contributed by atoms with Gasteiger partial charge in [0.2, 0.25) is 5.91 Å². The Kier molecular flexibility index (Phi) is 6.10. The zero-order valence-corrected chi connectivity index (χ0v) is 17.2. The number of amides is 1. The highest BCUT2D eigenvalue weighted by Crippen LogP contribution is 2.24. The molecular formula is C19H20ClFN4O2S. The molecule has 0 aliphatic heterocycles. The van der Waals surface area contributed by atoms with Gasteiger partial charge in [-0.25, -0.2) is 9.37 Å². The zero-order chi connectivity index (χ0) is 20.4. The van der Waals surface area contributed by atoms with Crippen molar-refractivity contribution in [2.24, 2.45) is 0 Å². The Balaban J connectivity index is 1.84. The van der Waals surface area contributed by atoms with Crippen LogP contribution in [-0.4, -0.2) is 26.2 Å². The number of carbonyl (C=O) groups is 1. The molecule has 1 atom stereocenters. The molecule has 148 valence electrons. The molecule has 2 heterocycles. The first-order chi connectivity index (χ1) is 13.3. The highest BCUT2D eigenvalue weighted by Gasteiger charge is 2.18. The smallest absolute Gasteiger partial charge is 0.278 e. The third kappa shape index (κ3) is 4.23. The van der Waals surface area contributed by atoms with Crippen LogP contribution in [0.5, 0.6) is 0 Å². The predicted molar refractivity (Wildman–Crippen MR) is 111 cm³/mol. The van der Waals surface area contributed by atoms with Crippen molar-refractivity contribution < 1.29 is 9.18 Å². The van der Waals surface area contributed by atoms with Gasteiger partial charge < -0.3 is 10.3 Å². The lowest BCUT2D eigenvalue weighted by Crippen LogP contribution is -2.26. The molecule has 2 aromatic heterocycles. The molecule has 2 N–H and O–H groups in total. The molecule has 0 unspecified atom stereocenters. The molecule has 0 spiro atoms. The van der Waals surface area contributed by atoms with E-state index in [4.69, 9.17) is 11.6 Å². The first-order valence-corrected chi connectivity index (χ1v) is 10.2. The number of carbonyl (C=O) groups excluding carboxylic acids is 1. The van der Waals surface area contributed by atoms with Gasteiger partial charge >= 0.3 is 0 Å². The van der Waals surface area contributed by atoms with E-state index >= 15 is 0 Å². The van der Waals surface area contributed by atoms with Crippen molar-refractivity contribution >= 4 is 46.0 Å². The SMILES string of the molecule is CC[C@H](C)n1c(SCC(=O)Nc2ccc(Cl)cc2F)nc2cc(C)[nH]c2c1=O. The number of hydrogen-bond donors (Lipinski definition) is 2. The first kappa shape index (κ1) is 20.4. The van der Waals surface area contributed by atoms with Crippen LogP contribution >= 0.6 is 23.4 Å². The van der Waals surface area contributed by atoms with Gasteiger partial charge in [-0.2, -0.15) is 0 Å². The number of halogens is 2. The summed E-state index contributed by atoms with van der Waals surface area (Å²) in [6, 6.07) is 5.76. The summed E-state index contributed by atoms with van der Waals surface area (Å²) in [5.41, 5.74) is 1.75. The van der Waals surface area contributed by atoms with E-state index in [0.717, 1.165) is 29.9 Å². The van der Waals surface area contributed by atoms with E-state index in [0.29, 0.717) is 16.2 Å². The fourth-order valence-corrected chi connectivity index (χ4v) is 3.83. The molecule has 0 saturated heterocycles. The van der Waals surface area contributed by atoms with Crippen LogP contribution in [0.2, 0.25) is 5.02 Å². The summed E-state index contributed by atoms with van der Waals surface area (Å²) in [5.74, 6) is -1.02. The van der Waals surface area contributed by atoms with Crippen molar-refractivity contribution in [2.75, 3.05) is 11.1 Å². The predicted octanol–water partition coefficient (Wildman–Crippen LogP) is 4.53. The summed E-state index contributed by atoms with van der Waals surface area (Å²) in [6.45, 7) is 5.76. The number of aromatic nitrogens is 3. The minimum absolute atomic E-state index is 0.0140. The molecule has 0 aliphatic carbocycles. The normalized spacial score (nSPS) is 12.3. The number of fused-ring (bicyclic) bond motifs is 1. The molecule has 9 heteroatoms. The van der Waals surface area contributed by atoms with Gasteiger partial charge in [-0.15, -0.1) is 0 Å². The van der Waals surface area contributed by atoms with Gasteiger partial charge in [-0.3, -0.25) is 14.2 Å². The first-order valence-electron chi connectivity index (χ1n) is 8.79. The topological polar surface area (TPSA) is 79.8 Å². The lowest BCUT2D eigenvalue weighted by atomic mass is 10.2. The fraction of sp³-hybridized carbons (Fsp3) is 0.316. The number of aryl methyl sites for hydroxylation is 1. The molecule has 3 rings (SSSR count). The molecule has 0 aliphatic rings. The summed E-state index contributed by atoms with van der Waals surface area (Å²) < 4.78 is 15.4. The Morgan fingerprint density at radius 3 is 2.86 bits per heavy atom. The number of aromatic amines is 1. The molecule has 6 nitrogen and oxygen atoms in total. The summed E-state index contributed by atoms with van der Waals surface area (Å²) in [6.07, 6.45) is 0.739. The number of nitrogens with zero attached hydrogens (tertiary/aromatic N) is 2. The van der Waals surface area contributed by atoms with Gasteiger partial charge in [0.05, 0.1) is 17.0 Å². The number of H-pyrrole nitrogens is 1. The Labute approximate surface area is 170 Å². The second kappa shape index (κ2) is 8.36. The summed E-state index contributed by atoms with van der Waals surface area (Å²) >= 11 is 6.86. The molecule has 0 bridgehead atoms. The molecule has 0 saturated carbocycles. The molecule has 1 aromatic carbocycles. The van der Waals surface area contributed by atoms with E-state index < -0.39 is 11.7 Å². The van der Waals surface area contributed by atoms with E-state index in [1.165, 1.54) is 12.1 Å². The van der Waals surface area contributed by atoms with Crippen molar-refractivity contribution in [2.45, 2.75) is 38.4 Å². The highest BCUT2D eigenvalue weighted by atomic mass is 35.5. The number of anilines is 1. The van der Waals surface area contributed by atoms with E-state index in [-0.39, 0.29) is 28.1 Å². The number of benzene rings is 1. The molecule has 0 fully saturated rings. The van der Waals surface area contributed by atoms with Crippen LogP contribution in [0.25, 0.3) is 11.0 Å². The van der Waals surface area contributed by atoms with Gasteiger partial charge in [-0.1, -0.05) is 30.3 Å². The molecule has 1 amide bonds. The molecular weight excluding hydrogens is 403 g/mol. The van der Waals surface area contributed by atoms with Gasteiger partial charge in [0.15, 0.2) is 5.16 Å². The van der Waals surface area contributed by atoms with Crippen LogP contribution in [0.4, 0.5) is 10.1 Å². The van der Waals surface area contributed by atoms with E-state index in [1.807, 2.05) is 20.8 Å². The maximum absolute atomic E-state index is 13.9. The summed E-state index contributed by atoms with van der Waals surface area (Å²) in [5, 5.41) is 3.22. The van der Waals surface area contributed by atoms with Gasteiger partial charge in [-0.05, 0) is 44.5 Å². The van der Waals surface area contributed by atoms with Crippen LogP contribution in [0.1, 0.15) is 32.0 Å². The van der Waals surface area contributed by atoms with Crippen LogP contribution in [0.15, 0.2) is 34.2 Å². The van der Waals surface area contributed by atoms with Crippen molar-refractivity contribution in [3.63, 3.8) is 0 Å². The minimum atomic E-state index is -0.607. The standard InChI is InChI=1S/C19H20ClFN4O2S/c1-4-11(3)25-18(27)17-15(7-10(2)22-17)24-19(25)28-9-16(26)23-14-6-5-12(20)8-13(14)21/h5-8,11,22H,4,9H2,1-3H3,(H,23,26)/t11-/m0/s1. The Morgan fingerprint density at radius 2 is 2.18 bits per heavy atom. The van der Waals surface area contributed by atoms with Crippen molar-refractivity contribution in [1.29, 1.82) is 0 Å². The number of thioether (sulfide) groups is 1. The fourth-order valence-electron chi connectivity index (χ4n) is 2.77. The monoisotopic (exact) mass is 422 g/mol.